The van der Waals surface area contributed by atoms with Crippen molar-refractivity contribution in [2.24, 2.45) is 0 Å². The van der Waals surface area contributed by atoms with Gasteiger partial charge in [-0.3, -0.25) is 0 Å². The van der Waals surface area contributed by atoms with E-state index in [-0.39, 0.29) is 5.82 Å². The van der Waals surface area contributed by atoms with Crippen molar-refractivity contribution in [2.75, 3.05) is 0 Å². The third-order valence-corrected chi connectivity index (χ3v) is 7.10. The molecule has 4 aromatic rings. The number of rotatable bonds is 3. The van der Waals surface area contributed by atoms with Crippen molar-refractivity contribution in [3.63, 3.8) is 0 Å². The SMILES string of the molecule is CC(C#N)=C1c2ccc(Cc3c(C4CCC4)nc4ccccn34)cc2COc2cc(F)ccc21. The number of nitrogens with zero attached hydrogens (tertiary/aromatic N) is 3. The molecule has 0 saturated heterocycles. The van der Waals surface area contributed by atoms with Gasteiger partial charge in [0.15, 0.2) is 0 Å². The van der Waals surface area contributed by atoms with Crippen molar-refractivity contribution in [3.8, 4) is 11.8 Å². The minimum absolute atomic E-state index is 0.324. The van der Waals surface area contributed by atoms with Crippen LogP contribution < -0.4 is 4.74 Å². The average Bonchev–Trinajstić information content (AvgIpc) is 3.07. The maximum absolute atomic E-state index is 13.9. The van der Waals surface area contributed by atoms with Crippen LogP contribution in [0.2, 0.25) is 0 Å². The van der Waals surface area contributed by atoms with Crippen LogP contribution in [-0.4, -0.2) is 9.38 Å². The van der Waals surface area contributed by atoms with Crippen LogP contribution in [0.4, 0.5) is 4.39 Å². The Hall–Kier alpha value is -3.91. The molecule has 0 amide bonds. The first-order valence-electron chi connectivity index (χ1n) is 11.7. The van der Waals surface area contributed by atoms with E-state index >= 15 is 0 Å². The van der Waals surface area contributed by atoms with Crippen molar-refractivity contribution in [3.05, 3.63) is 106 Å². The second-order valence-electron chi connectivity index (χ2n) is 9.21. The van der Waals surface area contributed by atoms with Gasteiger partial charge in [0.05, 0.1) is 17.5 Å². The maximum Gasteiger partial charge on any atom is 0.137 e. The molecule has 2 aromatic heterocycles. The van der Waals surface area contributed by atoms with Crippen molar-refractivity contribution in [2.45, 2.75) is 45.1 Å². The van der Waals surface area contributed by atoms with E-state index in [4.69, 9.17) is 9.72 Å². The summed E-state index contributed by atoms with van der Waals surface area (Å²) >= 11 is 0. The number of nitriles is 1. The Morgan fingerprint density at radius 1 is 1.15 bits per heavy atom. The van der Waals surface area contributed by atoms with E-state index in [0.29, 0.717) is 23.8 Å². The lowest BCUT2D eigenvalue weighted by molar-refractivity contribution is 0.305. The molecular weight excluding hydrogens is 425 g/mol. The van der Waals surface area contributed by atoms with Gasteiger partial charge < -0.3 is 9.14 Å². The summed E-state index contributed by atoms with van der Waals surface area (Å²) in [5, 5.41) is 9.69. The zero-order valence-electron chi connectivity index (χ0n) is 19.0. The van der Waals surface area contributed by atoms with Gasteiger partial charge >= 0.3 is 0 Å². The molecule has 0 unspecified atom stereocenters. The molecule has 2 aliphatic rings. The zero-order chi connectivity index (χ0) is 23.2. The normalized spacial score (nSPS) is 16.6. The van der Waals surface area contributed by atoms with E-state index < -0.39 is 0 Å². The molecule has 1 fully saturated rings. The maximum atomic E-state index is 13.9. The predicted octanol–water partition coefficient (Wildman–Crippen LogP) is 6.57. The summed E-state index contributed by atoms with van der Waals surface area (Å²) in [5.74, 6) is 0.656. The van der Waals surface area contributed by atoms with Gasteiger partial charge in [-0.15, -0.1) is 0 Å². The lowest BCUT2D eigenvalue weighted by Gasteiger charge is -2.24. The number of fused-ring (bicyclic) bond motifs is 3. The molecule has 4 nitrogen and oxygen atoms in total. The molecule has 0 radical (unpaired) electrons. The number of hydrogen-bond donors (Lipinski definition) is 0. The standard InChI is InChI=1S/C29H24FN3O/c1-18(16-31)28-23-10-8-19(13-21(23)17-34-26-15-22(30)9-11-24(26)28)14-25-29(20-5-4-6-20)32-27-7-2-3-12-33(25)27/h2-3,7-13,15,20H,4-6,14,17H2,1H3. The summed E-state index contributed by atoms with van der Waals surface area (Å²) in [6.07, 6.45) is 6.52. The Balaban J connectivity index is 1.44. The second-order valence-corrected chi connectivity index (χ2v) is 9.21. The largest absolute Gasteiger partial charge is 0.488 e. The van der Waals surface area contributed by atoms with E-state index in [1.54, 1.807) is 13.0 Å². The summed E-state index contributed by atoms with van der Waals surface area (Å²) in [6, 6.07) is 19.3. The first kappa shape index (κ1) is 20.7. The summed E-state index contributed by atoms with van der Waals surface area (Å²) in [7, 11) is 0. The Bertz CT molecular complexity index is 1500. The fourth-order valence-electron chi connectivity index (χ4n) is 5.15. The topological polar surface area (TPSA) is 50.3 Å². The summed E-state index contributed by atoms with van der Waals surface area (Å²) in [6.45, 7) is 2.12. The van der Waals surface area contributed by atoms with Gasteiger partial charge in [0.2, 0.25) is 0 Å². The van der Waals surface area contributed by atoms with Crippen LogP contribution in [0.1, 0.15) is 65.7 Å². The molecule has 0 N–H and O–H groups in total. The molecule has 168 valence electrons. The van der Waals surface area contributed by atoms with Crippen LogP contribution in [0.15, 0.2) is 66.4 Å². The van der Waals surface area contributed by atoms with Crippen molar-refractivity contribution in [1.82, 2.24) is 9.38 Å². The summed E-state index contributed by atoms with van der Waals surface area (Å²) < 4.78 is 22.2. The Morgan fingerprint density at radius 2 is 2.00 bits per heavy atom. The van der Waals surface area contributed by atoms with Gasteiger partial charge in [-0.2, -0.15) is 5.26 Å². The van der Waals surface area contributed by atoms with Crippen LogP contribution in [-0.2, 0) is 13.0 Å². The lowest BCUT2D eigenvalue weighted by atomic mass is 9.81. The number of pyridine rings is 1. The third kappa shape index (κ3) is 3.38. The van der Waals surface area contributed by atoms with E-state index in [1.807, 2.05) is 12.1 Å². The molecule has 1 aliphatic carbocycles. The molecule has 3 heterocycles. The fourth-order valence-corrected chi connectivity index (χ4v) is 5.15. The second kappa shape index (κ2) is 8.14. The Morgan fingerprint density at radius 3 is 2.79 bits per heavy atom. The molecule has 1 saturated carbocycles. The summed E-state index contributed by atoms with van der Waals surface area (Å²) in [4.78, 5) is 4.97. The highest BCUT2D eigenvalue weighted by molar-refractivity contribution is 5.88. The van der Waals surface area contributed by atoms with Gasteiger partial charge in [0, 0.05) is 41.3 Å². The van der Waals surface area contributed by atoms with Crippen LogP contribution >= 0.6 is 0 Å². The fraction of sp³-hybridized carbons (Fsp3) is 0.241. The molecular formula is C29H24FN3O. The number of allylic oxidation sites excluding steroid dienone is 1. The van der Waals surface area contributed by atoms with Crippen molar-refractivity contribution in [1.29, 1.82) is 5.26 Å². The first-order valence-corrected chi connectivity index (χ1v) is 11.7. The van der Waals surface area contributed by atoms with Gasteiger partial charge in [-0.05, 0) is 60.7 Å². The monoisotopic (exact) mass is 449 g/mol. The van der Waals surface area contributed by atoms with Gasteiger partial charge in [0.25, 0.3) is 0 Å². The molecule has 0 atom stereocenters. The van der Waals surface area contributed by atoms with Gasteiger partial charge in [0.1, 0.15) is 23.8 Å². The van der Waals surface area contributed by atoms with Crippen LogP contribution in [0, 0.1) is 17.1 Å². The molecule has 5 heteroatoms. The zero-order valence-corrected chi connectivity index (χ0v) is 19.0. The number of imidazole rings is 1. The highest BCUT2D eigenvalue weighted by Crippen LogP contribution is 2.41. The molecule has 6 rings (SSSR count). The minimum atomic E-state index is -0.351. The summed E-state index contributed by atoms with van der Waals surface area (Å²) in [5.41, 5.74) is 8.72. The molecule has 0 bridgehead atoms. The minimum Gasteiger partial charge on any atom is -0.488 e. The Kier molecular flexibility index (Phi) is 4.95. The number of halogens is 1. The molecule has 0 spiro atoms. The number of ether oxygens (including phenoxy) is 1. The lowest BCUT2D eigenvalue weighted by Crippen LogP contribution is -2.12. The van der Waals surface area contributed by atoms with Gasteiger partial charge in [-0.1, -0.05) is 30.7 Å². The van der Waals surface area contributed by atoms with E-state index in [2.05, 4.69) is 40.9 Å². The quantitative estimate of drug-likeness (QED) is 0.332. The predicted molar refractivity (Wildman–Crippen MR) is 129 cm³/mol. The van der Waals surface area contributed by atoms with Crippen LogP contribution in [0.5, 0.6) is 5.75 Å². The average molecular weight is 450 g/mol. The van der Waals surface area contributed by atoms with Crippen molar-refractivity contribution < 1.29 is 9.13 Å². The number of hydrogen-bond acceptors (Lipinski definition) is 3. The molecule has 2 aromatic carbocycles. The van der Waals surface area contributed by atoms with E-state index in [1.165, 1.54) is 48.3 Å². The van der Waals surface area contributed by atoms with Gasteiger partial charge in [-0.25, -0.2) is 9.37 Å². The van der Waals surface area contributed by atoms with Crippen LogP contribution in [0.25, 0.3) is 11.2 Å². The number of aromatic nitrogens is 2. The molecule has 1 aliphatic heterocycles. The number of benzene rings is 2. The highest BCUT2D eigenvalue weighted by Gasteiger charge is 2.27. The van der Waals surface area contributed by atoms with Crippen molar-refractivity contribution >= 4 is 11.2 Å². The molecule has 34 heavy (non-hydrogen) atoms. The van der Waals surface area contributed by atoms with Crippen LogP contribution in [0.3, 0.4) is 0 Å². The highest BCUT2D eigenvalue weighted by atomic mass is 19.1. The first-order chi connectivity index (χ1) is 16.6. The smallest absolute Gasteiger partial charge is 0.137 e. The van der Waals surface area contributed by atoms with E-state index in [9.17, 15) is 9.65 Å². The van der Waals surface area contributed by atoms with E-state index in [0.717, 1.165) is 34.3 Å². The Labute approximate surface area is 198 Å². The third-order valence-electron chi connectivity index (χ3n) is 7.10.